The fourth-order valence-corrected chi connectivity index (χ4v) is 4.65. The number of nitrogens with two attached hydrogens (primary N) is 1. The third kappa shape index (κ3) is 5.11. The van der Waals surface area contributed by atoms with Crippen LogP contribution in [-0.4, -0.2) is 59.1 Å². The van der Waals surface area contributed by atoms with Crippen molar-refractivity contribution in [3.8, 4) is 11.3 Å². The average molecular weight is 495 g/mol. The first-order valence-corrected chi connectivity index (χ1v) is 12.3. The van der Waals surface area contributed by atoms with Gasteiger partial charge in [-0.25, -0.2) is 9.78 Å². The van der Waals surface area contributed by atoms with E-state index in [9.17, 15) is 9.59 Å². The SMILES string of the molecule is CCCOC(=O)N1CCN(C(=O)c2ccc3c(Cl)c(C)c(-c4ccc(CN)cc4)nc3c2)C[C@H]1C. The summed E-state index contributed by atoms with van der Waals surface area (Å²) in [6.45, 7) is 8.04. The maximum atomic E-state index is 13.3. The van der Waals surface area contributed by atoms with Gasteiger partial charge in [0.15, 0.2) is 0 Å². The van der Waals surface area contributed by atoms with Crippen LogP contribution in [0.1, 0.15) is 41.8 Å². The zero-order chi connectivity index (χ0) is 25.1. The Morgan fingerprint density at radius 3 is 2.57 bits per heavy atom. The molecule has 0 radical (unpaired) electrons. The zero-order valence-electron chi connectivity index (χ0n) is 20.4. The molecule has 1 atom stereocenters. The van der Waals surface area contributed by atoms with Crippen molar-refractivity contribution in [2.24, 2.45) is 5.73 Å². The molecule has 2 aromatic carbocycles. The zero-order valence-corrected chi connectivity index (χ0v) is 21.1. The van der Waals surface area contributed by atoms with Gasteiger partial charge in [0.05, 0.1) is 22.8 Å². The number of aromatic nitrogens is 1. The lowest BCUT2D eigenvalue weighted by atomic mass is 10.0. The maximum Gasteiger partial charge on any atom is 0.410 e. The van der Waals surface area contributed by atoms with Gasteiger partial charge in [0.2, 0.25) is 0 Å². The number of pyridine rings is 1. The van der Waals surface area contributed by atoms with E-state index in [0.717, 1.165) is 34.2 Å². The molecule has 4 rings (SSSR count). The first-order chi connectivity index (χ1) is 16.8. The van der Waals surface area contributed by atoms with Crippen molar-refractivity contribution in [1.29, 1.82) is 0 Å². The lowest BCUT2D eigenvalue weighted by Gasteiger charge is -2.39. The molecular weight excluding hydrogens is 464 g/mol. The molecule has 0 bridgehead atoms. The van der Waals surface area contributed by atoms with Crippen LogP contribution in [0.4, 0.5) is 4.79 Å². The molecule has 1 saturated heterocycles. The minimum absolute atomic E-state index is 0.0901. The van der Waals surface area contributed by atoms with Crippen LogP contribution < -0.4 is 5.73 Å². The van der Waals surface area contributed by atoms with Gasteiger partial charge >= 0.3 is 6.09 Å². The molecule has 184 valence electrons. The summed E-state index contributed by atoms with van der Waals surface area (Å²) in [5.74, 6) is -0.0901. The van der Waals surface area contributed by atoms with Crippen LogP contribution in [0.5, 0.6) is 0 Å². The van der Waals surface area contributed by atoms with E-state index in [2.05, 4.69) is 0 Å². The Kier molecular flexibility index (Phi) is 7.57. The molecule has 8 heteroatoms. The number of nitrogens with zero attached hydrogens (tertiary/aromatic N) is 3. The van der Waals surface area contributed by atoms with Gasteiger partial charge in [-0.1, -0.05) is 48.9 Å². The summed E-state index contributed by atoms with van der Waals surface area (Å²) in [4.78, 5) is 33.9. The minimum atomic E-state index is -0.321. The van der Waals surface area contributed by atoms with Crippen LogP contribution in [0.3, 0.4) is 0 Å². The lowest BCUT2D eigenvalue weighted by molar-refractivity contribution is 0.0412. The summed E-state index contributed by atoms with van der Waals surface area (Å²) in [6, 6.07) is 13.3. The molecule has 2 N–H and O–H groups in total. The quantitative estimate of drug-likeness (QED) is 0.538. The highest BCUT2D eigenvalue weighted by atomic mass is 35.5. The van der Waals surface area contributed by atoms with Crippen molar-refractivity contribution < 1.29 is 14.3 Å². The summed E-state index contributed by atoms with van der Waals surface area (Å²) in [5, 5.41) is 1.43. The third-order valence-electron chi connectivity index (χ3n) is 6.44. The summed E-state index contributed by atoms with van der Waals surface area (Å²) >= 11 is 6.72. The van der Waals surface area contributed by atoms with E-state index in [1.165, 1.54) is 0 Å². The van der Waals surface area contributed by atoms with Crippen LogP contribution >= 0.6 is 11.6 Å². The summed E-state index contributed by atoms with van der Waals surface area (Å²) in [6.07, 6.45) is 0.456. The number of amides is 2. The molecule has 2 heterocycles. The van der Waals surface area contributed by atoms with E-state index in [1.807, 2.05) is 51.1 Å². The largest absolute Gasteiger partial charge is 0.449 e. The number of fused-ring (bicyclic) bond motifs is 1. The Balaban J connectivity index is 1.58. The van der Waals surface area contributed by atoms with Gasteiger partial charge in [-0.2, -0.15) is 0 Å². The van der Waals surface area contributed by atoms with E-state index in [-0.39, 0.29) is 18.0 Å². The Labute approximate surface area is 210 Å². The molecule has 1 aromatic heterocycles. The fourth-order valence-electron chi connectivity index (χ4n) is 4.40. The highest BCUT2D eigenvalue weighted by Gasteiger charge is 2.31. The monoisotopic (exact) mass is 494 g/mol. The molecule has 7 nitrogen and oxygen atoms in total. The lowest BCUT2D eigenvalue weighted by Crippen LogP contribution is -2.55. The van der Waals surface area contributed by atoms with E-state index < -0.39 is 0 Å². The third-order valence-corrected chi connectivity index (χ3v) is 6.93. The smallest absolute Gasteiger partial charge is 0.410 e. The number of hydrogen-bond acceptors (Lipinski definition) is 5. The summed E-state index contributed by atoms with van der Waals surface area (Å²) in [5.41, 5.74) is 10.6. The van der Waals surface area contributed by atoms with Crippen molar-refractivity contribution in [3.63, 3.8) is 0 Å². The molecule has 0 aliphatic carbocycles. The standard InChI is InChI=1S/C27H31ClN4O3/c1-4-13-35-27(34)32-12-11-31(16-17(32)2)26(33)21-9-10-22-23(14-21)30-25(18(3)24(22)28)20-7-5-19(15-29)6-8-20/h5-10,14,17H,4,11-13,15-16,29H2,1-3H3/t17-/m1/s1. The van der Waals surface area contributed by atoms with E-state index in [0.29, 0.717) is 48.9 Å². The van der Waals surface area contributed by atoms with Crippen molar-refractivity contribution in [2.45, 2.75) is 39.8 Å². The summed E-state index contributed by atoms with van der Waals surface area (Å²) < 4.78 is 5.27. The molecule has 0 spiro atoms. The second-order valence-corrected chi connectivity index (χ2v) is 9.32. The minimum Gasteiger partial charge on any atom is -0.449 e. The van der Waals surface area contributed by atoms with Crippen molar-refractivity contribution in [1.82, 2.24) is 14.8 Å². The highest BCUT2D eigenvalue weighted by molar-refractivity contribution is 6.36. The van der Waals surface area contributed by atoms with Gasteiger partial charge in [-0.05, 0) is 43.5 Å². The fraction of sp³-hybridized carbons (Fsp3) is 0.370. The Morgan fingerprint density at radius 2 is 1.91 bits per heavy atom. The molecule has 1 aliphatic heterocycles. The van der Waals surface area contributed by atoms with Crippen molar-refractivity contribution >= 4 is 34.5 Å². The number of halogens is 1. The second-order valence-electron chi connectivity index (χ2n) is 8.94. The molecule has 3 aromatic rings. The number of benzene rings is 2. The predicted molar refractivity (Wildman–Crippen MR) is 139 cm³/mol. The van der Waals surface area contributed by atoms with Crippen LogP contribution in [0.25, 0.3) is 22.2 Å². The number of rotatable bonds is 5. The molecule has 0 saturated carbocycles. The molecular formula is C27H31ClN4O3. The Bertz CT molecular complexity index is 1250. The van der Waals surface area contributed by atoms with Crippen LogP contribution in [0, 0.1) is 6.92 Å². The average Bonchev–Trinajstić information content (AvgIpc) is 2.88. The van der Waals surface area contributed by atoms with Gasteiger partial charge in [0, 0.05) is 48.7 Å². The second kappa shape index (κ2) is 10.6. The van der Waals surface area contributed by atoms with E-state index in [1.54, 1.807) is 21.9 Å². The number of carbonyl (C=O) groups is 2. The number of ether oxygens (including phenoxy) is 1. The van der Waals surface area contributed by atoms with Gasteiger partial charge in [-0.3, -0.25) is 4.79 Å². The number of carbonyl (C=O) groups excluding carboxylic acids is 2. The van der Waals surface area contributed by atoms with Gasteiger partial charge in [-0.15, -0.1) is 0 Å². The number of piperazine rings is 1. The normalized spacial score (nSPS) is 16.0. The highest BCUT2D eigenvalue weighted by Crippen LogP contribution is 2.33. The van der Waals surface area contributed by atoms with Crippen LogP contribution in [0.2, 0.25) is 5.02 Å². The van der Waals surface area contributed by atoms with Gasteiger partial charge in [0.1, 0.15) is 0 Å². The first kappa shape index (κ1) is 24.9. The van der Waals surface area contributed by atoms with E-state index >= 15 is 0 Å². The maximum absolute atomic E-state index is 13.3. The summed E-state index contributed by atoms with van der Waals surface area (Å²) in [7, 11) is 0. The number of hydrogen-bond donors (Lipinski definition) is 1. The Morgan fingerprint density at radius 1 is 1.17 bits per heavy atom. The van der Waals surface area contributed by atoms with Crippen molar-refractivity contribution in [2.75, 3.05) is 26.2 Å². The predicted octanol–water partition coefficient (Wildman–Crippen LogP) is 5.02. The molecule has 0 unspecified atom stereocenters. The molecule has 35 heavy (non-hydrogen) atoms. The van der Waals surface area contributed by atoms with Gasteiger partial charge < -0.3 is 20.3 Å². The van der Waals surface area contributed by atoms with Crippen molar-refractivity contribution in [3.05, 3.63) is 64.2 Å². The molecule has 2 amide bonds. The first-order valence-electron chi connectivity index (χ1n) is 12.0. The topological polar surface area (TPSA) is 88.8 Å². The molecule has 1 fully saturated rings. The van der Waals surface area contributed by atoms with Crippen LogP contribution in [0.15, 0.2) is 42.5 Å². The molecule has 1 aliphatic rings. The van der Waals surface area contributed by atoms with Gasteiger partial charge in [0.25, 0.3) is 5.91 Å². The van der Waals surface area contributed by atoms with Crippen LogP contribution in [-0.2, 0) is 11.3 Å². The van der Waals surface area contributed by atoms with E-state index in [4.69, 9.17) is 27.1 Å². The Hall–Kier alpha value is -3.16.